The van der Waals surface area contributed by atoms with Crippen LogP contribution in [0.1, 0.15) is 13.8 Å². The smallest absolute Gasteiger partial charge is 0.257 e. The molecule has 0 aromatic heterocycles. The number of amides is 1. The van der Waals surface area contributed by atoms with Crippen LogP contribution in [0, 0.1) is 0 Å². The standard InChI is InChI=1S/C22H27ClN2O5S/c1-16-13-25(14-17(2)30-16)31(27,28)11-10-24-22(26)15-29-21-9-8-19(12-20(21)23)18-6-4-3-5-7-18/h3-9,12,16-17H,10-11,13-15H2,1-2H3,(H,24,26). The van der Waals surface area contributed by atoms with Gasteiger partial charge in [-0.05, 0) is 37.1 Å². The molecule has 2 unspecified atom stereocenters. The highest BCUT2D eigenvalue weighted by molar-refractivity contribution is 7.89. The Morgan fingerprint density at radius 2 is 1.81 bits per heavy atom. The predicted molar refractivity (Wildman–Crippen MR) is 121 cm³/mol. The van der Waals surface area contributed by atoms with E-state index in [4.69, 9.17) is 21.1 Å². The first kappa shape index (κ1) is 23.5. The van der Waals surface area contributed by atoms with Gasteiger partial charge in [0.1, 0.15) is 5.75 Å². The summed E-state index contributed by atoms with van der Waals surface area (Å²) in [4.78, 5) is 12.1. The molecule has 2 aromatic carbocycles. The van der Waals surface area contributed by atoms with E-state index in [2.05, 4.69) is 5.32 Å². The largest absolute Gasteiger partial charge is 0.482 e. The van der Waals surface area contributed by atoms with E-state index in [1.165, 1.54) is 4.31 Å². The van der Waals surface area contributed by atoms with Crippen LogP contribution in [0.5, 0.6) is 5.75 Å². The molecule has 2 atom stereocenters. The third kappa shape index (κ3) is 6.67. The molecule has 1 fully saturated rings. The summed E-state index contributed by atoms with van der Waals surface area (Å²) in [6.45, 7) is 4.08. The maximum Gasteiger partial charge on any atom is 0.257 e. The van der Waals surface area contributed by atoms with Gasteiger partial charge in [0, 0.05) is 19.6 Å². The van der Waals surface area contributed by atoms with Crippen LogP contribution in [-0.2, 0) is 19.6 Å². The number of morpholine rings is 1. The zero-order valence-electron chi connectivity index (χ0n) is 17.6. The molecule has 0 bridgehead atoms. The molecule has 31 heavy (non-hydrogen) atoms. The molecule has 0 saturated carbocycles. The summed E-state index contributed by atoms with van der Waals surface area (Å²) in [5, 5.41) is 2.98. The summed E-state index contributed by atoms with van der Waals surface area (Å²) in [5.41, 5.74) is 1.97. The Bertz CT molecular complexity index is 990. The minimum Gasteiger partial charge on any atom is -0.482 e. The van der Waals surface area contributed by atoms with Crippen LogP contribution in [0.4, 0.5) is 0 Å². The molecule has 9 heteroatoms. The number of carbonyl (C=O) groups is 1. The van der Waals surface area contributed by atoms with E-state index in [0.29, 0.717) is 23.9 Å². The Kier molecular flexibility index (Phi) is 7.94. The van der Waals surface area contributed by atoms with Crippen LogP contribution in [-0.4, -0.2) is 62.8 Å². The van der Waals surface area contributed by atoms with Crippen molar-refractivity contribution in [3.63, 3.8) is 0 Å². The van der Waals surface area contributed by atoms with Gasteiger partial charge in [-0.1, -0.05) is 48.0 Å². The number of sulfonamides is 1. The van der Waals surface area contributed by atoms with Gasteiger partial charge in [0.25, 0.3) is 5.91 Å². The van der Waals surface area contributed by atoms with Crippen LogP contribution in [0.2, 0.25) is 5.02 Å². The number of nitrogens with one attached hydrogen (secondary N) is 1. The molecule has 7 nitrogen and oxygen atoms in total. The molecular weight excluding hydrogens is 440 g/mol. The first-order chi connectivity index (χ1) is 14.7. The summed E-state index contributed by atoms with van der Waals surface area (Å²) in [6, 6.07) is 15.1. The number of rotatable bonds is 8. The van der Waals surface area contributed by atoms with E-state index in [1.54, 1.807) is 12.1 Å². The summed E-state index contributed by atoms with van der Waals surface area (Å²) < 4.78 is 37.5. The highest BCUT2D eigenvalue weighted by Gasteiger charge is 2.30. The molecule has 1 N–H and O–H groups in total. The summed E-state index contributed by atoms with van der Waals surface area (Å²) in [7, 11) is -3.47. The minimum atomic E-state index is -3.47. The number of halogens is 1. The van der Waals surface area contributed by atoms with Gasteiger partial charge in [0.2, 0.25) is 10.0 Å². The third-order valence-electron chi connectivity index (χ3n) is 4.86. The first-order valence-corrected chi connectivity index (χ1v) is 12.1. The second-order valence-corrected chi connectivity index (χ2v) is 10.0. The normalized spacial score (nSPS) is 19.7. The van der Waals surface area contributed by atoms with Crippen molar-refractivity contribution in [2.45, 2.75) is 26.1 Å². The molecule has 3 rings (SSSR count). The molecule has 0 spiro atoms. The van der Waals surface area contributed by atoms with Gasteiger partial charge in [-0.25, -0.2) is 8.42 Å². The van der Waals surface area contributed by atoms with Crippen molar-refractivity contribution in [2.75, 3.05) is 32.0 Å². The number of benzene rings is 2. The molecule has 168 valence electrons. The van der Waals surface area contributed by atoms with E-state index >= 15 is 0 Å². The number of ether oxygens (including phenoxy) is 2. The molecule has 1 aliphatic rings. The van der Waals surface area contributed by atoms with Gasteiger partial charge in [-0.2, -0.15) is 4.31 Å². The summed E-state index contributed by atoms with van der Waals surface area (Å²) >= 11 is 6.28. The van der Waals surface area contributed by atoms with Crippen LogP contribution >= 0.6 is 11.6 Å². The minimum absolute atomic E-state index is 0.00528. The zero-order valence-corrected chi connectivity index (χ0v) is 19.2. The lowest BCUT2D eigenvalue weighted by molar-refractivity contribution is -0.122. The van der Waals surface area contributed by atoms with Crippen molar-refractivity contribution in [2.24, 2.45) is 0 Å². The van der Waals surface area contributed by atoms with Crippen molar-refractivity contribution in [3.8, 4) is 16.9 Å². The fourth-order valence-electron chi connectivity index (χ4n) is 3.43. The van der Waals surface area contributed by atoms with E-state index in [-0.39, 0.29) is 31.1 Å². The second kappa shape index (κ2) is 10.5. The summed E-state index contributed by atoms with van der Waals surface area (Å²) in [5.74, 6) is -0.201. The molecule has 0 radical (unpaired) electrons. The fraction of sp³-hybridized carbons (Fsp3) is 0.409. The highest BCUT2D eigenvalue weighted by atomic mass is 35.5. The zero-order chi connectivity index (χ0) is 22.4. The van der Waals surface area contributed by atoms with Gasteiger partial charge in [0.05, 0.1) is 23.0 Å². The van der Waals surface area contributed by atoms with Gasteiger partial charge in [0.15, 0.2) is 6.61 Å². The van der Waals surface area contributed by atoms with E-state index in [0.717, 1.165) is 11.1 Å². The Labute approximate surface area is 188 Å². The molecule has 1 aliphatic heterocycles. The van der Waals surface area contributed by atoms with Crippen LogP contribution in [0.25, 0.3) is 11.1 Å². The molecule has 0 aliphatic carbocycles. The SMILES string of the molecule is CC1CN(S(=O)(=O)CCNC(=O)COc2ccc(-c3ccccc3)cc2Cl)CC(C)O1. The topological polar surface area (TPSA) is 84.9 Å². The average molecular weight is 467 g/mol. The van der Waals surface area contributed by atoms with E-state index in [9.17, 15) is 13.2 Å². The molecule has 1 amide bonds. The van der Waals surface area contributed by atoms with Crippen LogP contribution in [0.3, 0.4) is 0 Å². The number of hydrogen-bond donors (Lipinski definition) is 1. The van der Waals surface area contributed by atoms with Crippen molar-refractivity contribution >= 4 is 27.5 Å². The molecule has 1 heterocycles. The maximum absolute atomic E-state index is 12.5. The van der Waals surface area contributed by atoms with E-state index in [1.807, 2.05) is 50.2 Å². The van der Waals surface area contributed by atoms with Crippen molar-refractivity contribution < 1.29 is 22.7 Å². The third-order valence-corrected chi connectivity index (χ3v) is 6.96. The predicted octanol–water partition coefficient (Wildman–Crippen LogP) is 2.94. The van der Waals surface area contributed by atoms with Gasteiger partial charge >= 0.3 is 0 Å². The highest BCUT2D eigenvalue weighted by Crippen LogP contribution is 2.30. The Morgan fingerprint density at radius 3 is 2.45 bits per heavy atom. The van der Waals surface area contributed by atoms with Crippen molar-refractivity contribution in [1.29, 1.82) is 0 Å². The monoisotopic (exact) mass is 466 g/mol. The quantitative estimate of drug-likeness (QED) is 0.646. The van der Waals surface area contributed by atoms with Crippen LogP contribution < -0.4 is 10.1 Å². The maximum atomic E-state index is 12.5. The van der Waals surface area contributed by atoms with Crippen molar-refractivity contribution in [3.05, 3.63) is 53.6 Å². The van der Waals surface area contributed by atoms with E-state index < -0.39 is 15.9 Å². The average Bonchev–Trinajstić information content (AvgIpc) is 2.72. The Hall–Kier alpha value is -2.13. The second-order valence-electron chi connectivity index (χ2n) is 7.54. The molecule has 2 aromatic rings. The lowest BCUT2D eigenvalue weighted by atomic mass is 10.1. The summed E-state index contributed by atoms with van der Waals surface area (Å²) in [6.07, 6.45) is -0.306. The Balaban J connectivity index is 1.46. The van der Waals surface area contributed by atoms with Gasteiger partial charge in [-0.3, -0.25) is 4.79 Å². The Morgan fingerprint density at radius 1 is 1.13 bits per heavy atom. The number of hydrogen-bond acceptors (Lipinski definition) is 5. The van der Waals surface area contributed by atoms with Crippen LogP contribution in [0.15, 0.2) is 48.5 Å². The molecular formula is C22H27ClN2O5S. The number of carbonyl (C=O) groups excluding carboxylic acids is 1. The molecule has 1 saturated heterocycles. The van der Waals surface area contributed by atoms with Gasteiger partial charge < -0.3 is 14.8 Å². The van der Waals surface area contributed by atoms with Gasteiger partial charge in [-0.15, -0.1) is 0 Å². The lowest BCUT2D eigenvalue weighted by Gasteiger charge is -2.34. The first-order valence-electron chi connectivity index (χ1n) is 10.1. The lowest BCUT2D eigenvalue weighted by Crippen LogP contribution is -2.49. The van der Waals surface area contributed by atoms with Crippen molar-refractivity contribution in [1.82, 2.24) is 9.62 Å². The number of nitrogens with zero attached hydrogens (tertiary/aromatic N) is 1. The fourth-order valence-corrected chi connectivity index (χ4v) is 5.16.